The quantitative estimate of drug-likeness (QED) is 0.293. The van der Waals surface area contributed by atoms with Crippen LogP contribution in [0, 0.1) is 17.0 Å². The molecule has 0 spiro atoms. The number of ether oxygens (including phenoxy) is 2. The van der Waals surface area contributed by atoms with Crippen molar-refractivity contribution in [1.29, 1.82) is 0 Å². The van der Waals surface area contributed by atoms with Crippen molar-refractivity contribution in [2.75, 3.05) is 18.5 Å². The summed E-state index contributed by atoms with van der Waals surface area (Å²) in [5.74, 6) is -0.527. The summed E-state index contributed by atoms with van der Waals surface area (Å²) < 4.78 is 10.4. The average Bonchev–Trinajstić information content (AvgIpc) is 2.65. The summed E-state index contributed by atoms with van der Waals surface area (Å²) >= 11 is 5.71. The first kappa shape index (κ1) is 21.2. The predicted molar refractivity (Wildman–Crippen MR) is 104 cm³/mol. The highest BCUT2D eigenvalue weighted by molar-refractivity contribution is 6.31. The van der Waals surface area contributed by atoms with Gasteiger partial charge in [-0.15, -0.1) is 0 Å². The van der Waals surface area contributed by atoms with Gasteiger partial charge in [0.15, 0.2) is 6.61 Å². The van der Waals surface area contributed by atoms with Crippen molar-refractivity contribution >= 4 is 34.9 Å². The summed E-state index contributed by atoms with van der Waals surface area (Å²) in [5, 5.41) is 13.5. The lowest BCUT2D eigenvalue weighted by Gasteiger charge is -2.08. The van der Waals surface area contributed by atoms with E-state index in [0.29, 0.717) is 13.0 Å². The fourth-order valence-electron chi connectivity index (χ4n) is 2.28. The van der Waals surface area contributed by atoms with Crippen LogP contribution in [0.15, 0.2) is 42.5 Å². The van der Waals surface area contributed by atoms with Crippen LogP contribution in [-0.4, -0.2) is 30.0 Å². The van der Waals surface area contributed by atoms with Crippen LogP contribution in [0.1, 0.15) is 18.4 Å². The number of hydrogen-bond acceptors (Lipinski definition) is 6. The molecule has 2 aromatic rings. The number of benzene rings is 2. The molecule has 0 fully saturated rings. The molecule has 0 unspecified atom stereocenters. The Morgan fingerprint density at radius 1 is 1.21 bits per heavy atom. The highest BCUT2D eigenvalue weighted by atomic mass is 35.5. The van der Waals surface area contributed by atoms with Gasteiger partial charge in [-0.05, 0) is 43.2 Å². The van der Waals surface area contributed by atoms with Gasteiger partial charge in [-0.25, -0.2) is 0 Å². The molecule has 0 aliphatic rings. The minimum absolute atomic E-state index is 0.0259. The van der Waals surface area contributed by atoms with E-state index in [0.717, 1.165) is 17.4 Å². The number of hydrogen-bond donors (Lipinski definition) is 1. The lowest BCUT2D eigenvalue weighted by Crippen LogP contribution is -2.21. The minimum Gasteiger partial charge on any atom is -0.494 e. The second-order valence-corrected chi connectivity index (χ2v) is 6.33. The molecular formula is C19H19ClN2O6. The van der Waals surface area contributed by atoms with Crippen LogP contribution in [0.5, 0.6) is 5.75 Å². The molecule has 9 heteroatoms. The number of anilines is 1. The normalized spacial score (nSPS) is 10.2. The van der Waals surface area contributed by atoms with Gasteiger partial charge < -0.3 is 14.8 Å². The smallest absolute Gasteiger partial charge is 0.306 e. The maximum atomic E-state index is 11.9. The molecule has 0 saturated carbocycles. The van der Waals surface area contributed by atoms with E-state index in [2.05, 4.69) is 5.32 Å². The Morgan fingerprint density at radius 3 is 2.71 bits per heavy atom. The van der Waals surface area contributed by atoms with Crippen molar-refractivity contribution < 1.29 is 24.0 Å². The summed E-state index contributed by atoms with van der Waals surface area (Å²) in [6.45, 7) is 1.74. The van der Waals surface area contributed by atoms with E-state index < -0.39 is 23.4 Å². The van der Waals surface area contributed by atoms with Gasteiger partial charge in [0, 0.05) is 17.5 Å². The van der Waals surface area contributed by atoms with Gasteiger partial charge in [-0.3, -0.25) is 19.7 Å². The van der Waals surface area contributed by atoms with Crippen molar-refractivity contribution in [1.82, 2.24) is 0 Å². The summed E-state index contributed by atoms with van der Waals surface area (Å²) in [6, 6.07) is 11.4. The first-order valence-corrected chi connectivity index (χ1v) is 8.82. The Hall–Kier alpha value is -3.13. The van der Waals surface area contributed by atoms with Gasteiger partial charge in [-0.1, -0.05) is 23.7 Å². The van der Waals surface area contributed by atoms with Crippen molar-refractivity contribution in [2.24, 2.45) is 0 Å². The van der Waals surface area contributed by atoms with Crippen molar-refractivity contribution in [3.63, 3.8) is 0 Å². The molecule has 8 nitrogen and oxygen atoms in total. The Labute approximate surface area is 166 Å². The molecule has 148 valence electrons. The van der Waals surface area contributed by atoms with Crippen molar-refractivity contribution in [3.05, 3.63) is 63.2 Å². The zero-order valence-corrected chi connectivity index (χ0v) is 15.9. The van der Waals surface area contributed by atoms with Gasteiger partial charge in [-0.2, -0.15) is 0 Å². The number of nitro groups is 1. The average molecular weight is 407 g/mol. The van der Waals surface area contributed by atoms with Crippen molar-refractivity contribution in [2.45, 2.75) is 19.8 Å². The molecule has 0 aliphatic carbocycles. The van der Waals surface area contributed by atoms with E-state index in [4.69, 9.17) is 21.1 Å². The van der Waals surface area contributed by atoms with Crippen LogP contribution in [0.4, 0.5) is 11.4 Å². The molecular weight excluding hydrogens is 388 g/mol. The number of carbonyl (C=O) groups excluding carboxylic acids is 2. The number of nitrogens with zero attached hydrogens (tertiary/aromatic N) is 1. The third-order valence-corrected chi connectivity index (χ3v) is 3.81. The van der Waals surface area contributed by atoms with Crippen molar-refractivity contribution in [3.8, 4) is 5.75 Å². The molecule has 0 aliphatic heterocycles. The van der Waals surface area contributed by atoms with Gasteiger partial charge in [0.25, 0.3) is 11.6 Å². The van der Waals surface area contributed by atoms with Crippen LogP contribution in [-0.2, 0) is 14.3 Å². The van der Waals surface area contributed by atoms with Crippen LogP contribution >= 0.6 is 11.6 Å². The van der Waals surface area contributed by atoms with Crippen LogP contribution < -0.4 is 10.1 Å². The minimum atomic E-state index is -0.685. The third-order valence-electron chi connectivity index (χ3n) is 3.58. The van der Waals surface area contributed by atoms with Gasteiger partial charge in [0.2, 0.25) is 0 Å². The molecule has 0 radical (unpaired) electrons. The maximum absolute atomic E-state index is 11.9. The zero-order chi connectivity index (χ0) is 20.5. The number of rotatable bonds is 9. The lowest BCUT2D eigenvalue weighted by atomic mass is 10.2. The Morgan fingerprint density at radius 2 is 2.00 bits per heavy atom. The predicted octanol–water partition coefficient (Wildman–Crippen LogP) is 3.90. The zero-order valence-electron chi connectivity index (χ0n) is 15.1. The third kappa shape index (κ3) is 6.88. The first-order valence-electron chi connectivity index (χ1n) is 8.44. The number of amides is 1. The number of nitrogens with one attached hydrogen (secondary N) is 1. The molecule has 0 atom stereocenters. The SMILES string of the molecule is Cc1cccc(OCCCC(=O)OCC(=O)Nc2ccc(Cl)cc2[N+](=O)[O-])c1. The number of carbonyl (C=O) groups is 2. The Bertz CT molecular complexity index is 871. The largest absolute Gasteiger partial charge is 0.494 e. The van der Waals surface area contributed by atoms with E-state index in [1.165, 1.54) is 12.1 Å². The van der Waals surface area contributed by atoms with E-state index >= 15 is 0 Å². The second kappa shape index (κ2) is 10.3. The summed E-state index contributed by atoms with van der Waals surface area (Å²) in [4.78, 5) is 33.9. The lowest BCUT2D eigenvalue weighted by molar-refractivity contribution is -0.383. The van der Waals surface area contributed by atoms with E-state index in [-0.39, 0.29) is 22.8 Å². The Balaban J connectivity index is 1.71. The van der Waals surface area contributed by atoms with Crippen LogP contribution in [0.2, 0.25) is 5.02 Å². The van der Waals surface area contributed by atoms with Gasteiger partial charge in [0.1, 0.15) is 11.4 Å². The van der Waals surface area contributed by atoms with E-state index in [9.17, 15) is 19.7 Å². The second-order valence-electron chi connectivity index (χ2n) is 5.90. The number of nitro benzene ring substituents is 1. The molecule has 1 amide bonds. The summed E-state index contributed by atoms with van der Waals surface area (Å²) in [5.41, 5.74) is 0.700. The molecule has 0 saturated heterocycles. The summed E-state index contributed by atoms with van der Waals surface area (Å²) in [7, 11) is 0. The summed E-state index contributed by atoms with van der Waals surface area (Å²) in [6.07, 6.45) is 0.511. The molecule has 0 bridgehead atoms. The highest BCUT2D eigenvalue weighted by Crippen LogP contribution is 2.27. The number of aryl methyl sites for hydroxylation is 1. The fourth-order valence-corrected chi connectivity index (χ4v) is 2.44. The first-order chi connectivity index (χ1) is 13.3. The van der Waals surface area contributed by atoms with Gasteiger partial charge >= 0.3 is 5.97 Å². The highest BCUT2D eigenvalue weighted by Gasteiger charge is 2.17. The molecule has 1 N–H and O–H groups in total. The van der Waals surface area contributed by atoms with Crippen LogP contribution in [0.25, 0.3) is 0 Å². The maximum Gasteiger partial charge on any atom is 0.306 e. The number of esters is 1. The fraction of sp³-hybridized carbons (Fsp3) is 0.263. The monoisotopic (exact) mass is 406 g/mol. The molecule has 0 heterocycles. The Kier molecular flexibility index (Phi) is 7.76. The molecule has 2 rings (SSSR count). The molecule has 28 heavy (non-hydrogen) atoms. The molecule has 0 aromatic heterocycles. The van der Waals surface area contributed by atoms with Crippen LogP contribution in [0.3, 0.4) is 0 Å². The van der Waals surface area contributed by atoms with E-state index in [1.54, 1.807) is 0 Å². The topological polar surface area (TPSA) is 108 Å². The number of halogens is 1. The van der Waals surface area contributed by atoms with Gasteiger partial charge in [0.05, 0.1) is 11.5 Å². The molecule has 2 aromatic carbocycles. The van der Waals surface area contributed by atoms with E-state index in [1.807, 2.05) is 31.2 Å². The standard InChI is InChI=1S/C19H19ClN2O6/c1-13-4-2-5-15(10-13)27-9-3-6-19(24)28-12-18(23)21-16-8-7-14(20)11-17(16)22(25)26/h2,4-5,7-8,10-11H,3,6,9,12H2,1H3,(H,21,23).